The van der Waals surface area contributed by atoms with Gasteiger partial charge < -0.3 is 20.9 Å². The van der Waals surface area contributed by atoms with Gasteiger partial charge in [0, 0.05) is 12.7 Å². The lowest BCUT2D eigenvalue weighted by Crippen LogP contribution is -2.55. The predicted molar refractivity (Wildman–Crippen MR) is 109 cm³/mol. The van der Waals surface area contributed by atoms with Crippen LogP contribution in [-0.2, 0) is 14.4 Å². The molecule has 152 valence electrons. The molecule has 3 atom stereocenters. The molecule has 28 heavy (non-hydrogen) atoms. The molecule has 7 nitrogen and oxygen atoms in total. The first-order valence-corrected chi connectivity index (χ1v) is 9.74. The summed E-state index contributed by atoms with van der Waals surface area (Å²) in [6.07, 6.45) is 5.60. The van der Waals surface area contributed by atoms with Crippen molar-refractivity contribution in [3.05, 3.63) is 42.1 Å². The SMILES string of the molecule is CN[C@@H](C)C(=O)N[C@H]1CCCCN(C(C)C(=O)NC=Cc2ccccc2)C1=O. The number of likely N-dealkylation sites (N-methyl/N-ethyl adjacent to an activating group) is 1. The Balaban J connectivity index is 1.98. The molecular weight excluding hydrogens is 356 g/mol. The largest absolute Gasteiger partial charge is 0.343 e. The quantitative estimate of drug-likeness (QED) is 0.658. The Morgan fingerprint density at radius 3 is 2.54 bits per heavy atom. The first-order chi connectivity index (χ1) is 13.4. The smallest absolute Gasteiger partial charge is 0.246 e. The summed E-state index contributed by atoms with van der Waals surface area (Å²) in [6.45, 7) is 3.96. The summed E-state index contributed by atoms with van der Waals surface area (Å²) >= 11 is 0. The summed E-state index contributed by atoms with van der Waals surface area (Å²) < 4.78 is 0. The first-order valence-electron chi connectivity index (χ1n) is 9.74. The standard InChI is InChI=1S/C21H30N4O3/c1-15(22-3)19(26)24-18-11-7-8-14-25(21(18)28)16(2)20(27)23-13-12-17-9-5-4-6-10-17/h4-6,9-10,12-13,15-16,18,22H,7-8,11,14H2,1-3H3,(H,23,27)(H,24,26)/t15-,16?,18-/m0/s1. The van der Waals surface area contributed by atoms with E-state index in [2.05, 4.69) is 16.0 Å². The van der Waals surface area contributed by atoms with Gasteiger partial charge in [0.1, 0.15) is 12.1 Å². The van der Waals surface area contributed by atoms with Gasteiger partial charge in [-0.2, -0.15) is 0 Å². The molecule has 0 spiro atoms. The van der Waals surface area contributed by atoms with Crippen molar-refractivity contribution < 1.29 is 14.4 Å². The summed E-state index contributed by atoms with van der Waals surface area (Å²) in [6, 6.07) is 8.04. The summed E-state index contributed by atoms with van der Waals surface area (Å²) in [5.41, 5.74) is 0.975. The van der Waals surface area contributed by atoms with Gasteiger partial charge in [0.15, 0.2) is 0 Å². The van der Waals surface area contributed by atoms with E-state index in [9.17, 15) is 14.4 Å². The van der Waals surface area contributed by atoms with E-state index in [0.717, 1.165) is 18.4 Å². The Kier molecular flexibility index (Phi) is 8.19. The van der Waals surface area contributed by atoms with Gasteiger partial charge in [0.25, 0.3) is 0 Å². The van der Waals surface area contributed by atoms with E-state index in [-0.39, 0.29) is 23.8 Å². The molecule has 1 aromatic carbocycles. The van der Waals surface area contributed by atoms with Gasteiger partial charge >= 0.3 is 0 Å². The number of benzene rings is 1. The first kappa shape index (κ1) is 21.6. The van der Waals surface area contributed by atoms with Gasteiger partial charge in [0.2, 0.25) is 17.7 Å². The lowest BCUT2D eigenvalue weighted by atomic mass is 10.1. The van der Waals surface area contributed by atoms with Crippen LogP contribution < -0.4 is 16.0 Å². The summed E-state index contributed by atoms with van der Waals surface area (Å²) in [4.78, 5) is 39.2. The fourth-order valence-electron chi connectivity index (χ4n) is 3.06. The fourth-order valence-corrected chi connectivity index (χ4v) is 3.06. The van der Waals surface area contributed by atoms with E-state index in [1.165, 1.54) is 0 Å². The Morgan fingerprint density at radius 2 is 1.86 bits per heavy atom. The van der Waals surface area contributed by atoms with Crippen molar-refractivity contribution in [2.45, 2.75) is 51.2 Å². The summed E-state index contributed by atoms with van der Waals surface area (Å²) in [5.74, 6) is -0.675. The van der Waals surface area contributed by atoms with Crippen LogP contribution in [0.3, 0.4) is 0 Å². The van der Waals surface area contributed by atoms with Crippen molar-refractivity contribution in [3.63, 3.8) is 0 Å². The van der Waals surface area contributed by atoms with Crippen molar-refractivity contribution in [2.75, 3.05) is 13.6 Å². The number of amides is 3. The number of rotatable bonds is 7. The molecule has 3 amide bonds. The molecule has 1 aromatic rings. The van der Waals surface area contributed by atoms with Crippen LogP contribution >= 0.6 is 0 Å². The third-order valence-electron chi connectivity index (χ3n) is 5.01. The molecule has 1 aliphatic rings. The lowest BCUT2D eigenvalue weighted by molar-refractivity contribution is -0.142. The minimum Gasteiger partial charge on any atom is -0.343 e. The molecule has 0 aliphatic carbocycles. The Hall–Kier alpha value is -2.67. The van der Waals surface area contributed by atoms with Gasteiger partial charge in [0.05, 0.1) is 6.04 Å². The average molecular weight is 386 g/mol. The van der Waals surface area contributed by atoms with Crippen molar-refractivity contribution in [2.24, 2.45) is 0 Å². The number of carbonyl (C=O) groups excluding carboxylic acids is 3. The van der Waals surface area contributed by atoms with Crippen LogP contribution in [0.4, 0.5) is 0 Å². The molecule has 0 bridgehead atoms. The van der Waals surface area contributed by atoms with E-state index in [1.54, 1.807) is 38.1 Å². The molecule has 3 N–H and O–H groups in total. The summed E-state index contributed by atoms with van der Waals surface area (Å²) in [5, 5.41) is 8.42. The number of nitrogens with one attached hydrogen (secondary N) is 3. The van der Waals surface area contributed by atoms with E-state index in [1.807, 2.05) is 30.3 Å². The normalized spacial score (nSPS) is 19.8. The maximum atomic E-state index is 12.9. The third-order valence-corrected chi connectivity index (χ3v) is 5.01. The molecule has 1 unspecified atom stereocenters. The van der Waals surface area contributed by atoms with Gasteiger partial charge in [-0.05, 0) is 51.8 Å². The Bertz CT molecular complexity index is 705. The number of carbonyl (C=O) groups is 3. The second kappa shape index (κ2) is 10.6. The zero-order valence-electron chi connectivity index (χ0n) is 16.8. The minimum atomic E-state index is -0.618. The van der Waals surface area contributed by atoms with Crippen LogP contribution in [0.2, 0.25) is 0 Å². The fraction of sp³-hybridized carbons (Fsp3) is 0.476. The van der Waals surface area contributed by atoms with E-state index < -0.39 is 12.1 Å². The molecule has 1 saturated heterocycles. The Labute approximate surface area is 166 Å². The second-order valence-electron chi connectivity index (χ2n) is 7.03. The van der Waals surface area contributed by atoms with Crippen LogP contribution in [0, 0.1) is 0 Å². The number of nitrogens with zero attached hydrogens (tertiary/aromatic N) is 1. The van der Waals surface area contributed by atoms with Crippen molar-refractivity contribution in [3.8, 4) is 0 Å². The van der Waals surface area contributed by atoms with Crippen LogP contribution in [0.25, 0.3) is 6.08 Å². The van der Waals surface area contributed by atoms with Gasteiger partial charge in [-0.25, -0.2) is 0 Å². The van der Waals surface area contributed by atoms with Crippen LogP contribution in [-0.4, -0.2) is 54.3 Å². The van der Waals surface area contributed by atoms with Crippen LogP contribution in [0.1, 0.15) is 38.7 Å². The highest BCUT2D eigenvalue weighted by Crippen LogP contribution is 2.15. The summed E-state index contributed by atoms with van der Waals surface area (Å²) in [7, 11) is 1.70. The van der Waals surface area contributed by atoms with Crippen molar-refractivity contribution in [1.82, 2.24) is 20.9 Å². The van der Waals surface area contributed by atoms with E-state index in [0.29, 0.717) is 13.0 Å². The number of likely N-dealkylation sites (tertiary alicyclic amines) is 1. The molecule has 1 heterocycles. The van der Waals surface area contributed by atoms with Crippen LogP contribution in [0.5, 0.6) is 0 Å². The third kappa shape index (κ3) is 5.92. The van der Waals surface area contributed by atoms with Crippen molar-refractivity contribution >= 4 is 23.8 Å². The van der Waals surface area contributed by atoms with Crippen molar-refractivity contribution in [1.29, 1.82) is 0 Å². The molecule has 2 rings (SSSR count). The van der Waals surface area contributed by atoms with Crippen LogP contribution in [0.15, 0.2) is 36.5 Å². The molecule has 7 heteroatoms. The highest BCUT2D eigenvalue weighted by Gasteiger charge is 2.33. The zero-order chi connectivity index (χ0) is 20.5. The zero-order valence-corrected chi connectivity index (χ0v) is 16.8. The molecule has 0 saturated carbocycles. The number of hydrogen-bond donors (Lipinski definition) is 3. The van der Waals surface area contributed by atoms with Gasteiger partial charge in [-0.1, -0.05) is 30.3 Å². The second-order valence-corrected chi connectivity index (χ2v) is 7.03. The monoisotopic (exact) mass is 386 g/mol. The molecule has 0 aromatic heterocycles. The van der Waals surface area contributed by atoms with Gasteiger partial charge in [-0.3, -0.25) is 14.4 Å². The highest BCUT2D eigenvalue weighted by molar-refractivity contribution is 5.93. The average Bonchev–Trinajstić information content (AvgIpc) is 2.89. The maximum absolute atomic E-state index is 12.9. The Morgan fingerprint density at radius 1 is 1.14 bits per heavy atom. The van der Waals surface area contributed by atoms with E-state index >= 15 is 0 Å². The molecular formula is C21H30N4O3. The highest BCUT2D eigenvalue weighted by atomic mass is 16.2. The maximum Gasteiger partial charge on any atom is 0.246 e. The predicted octanol–water partition coefficient (Wildman–Crippen LogP) is 1.27. The lowest BCUT2D eigenvalue weighted by Gasteiger charge is -2.29. The topological polar surface area (TPSA) is 90.5 Å². The minimum absolute atomic E-state index is 0.205. The molecule has 1 aliphatic heterocycles. The molecule has 0 radical (unpaired) electrons. The number of hydrogen-bond acceptors (Lipinski definition) is 4. The van der Waals surface area contributed by atoms with Gasteiger partial charge in [-0.15, -0.1) is 0 Å². The van der Waals surface area contributed by atoms with E-state index in [4.69, 9.17) is 0 Å². The molecule has 1 fully saturated rings.